The SMILES string of the molecule is CCOC(=O)c1c(Cl)cc(N)cc1Br. The molecule has 0 radical (unpaired) electrons. The van der Waals surface area contributed by atoms with Crippen LogP contribution in [0.2, 0.25) is 5.02 Å². The van der Waals surface area contributed by atoms with Gasteiger partial charge in [0.05, 0.1) is 17.2 Å². The van der Waals surface area contributed by atoms with Crippen LogP contribution < -0.4 is 5.73 Å². The Balaban J connectivity index is 3.14. The van der Waals surface area contributed by atoms with E-state index in [0.717, 1.165) is 0 Å². The van der Waals surface area contributed by atoms with E-state index in [4.69, 9.17) is 22.1 Å². The van der Waals surface area contributed by atoms with E-state index in [0.29, 0.717) is 22.3 Å². The summed E-state index contributed by atoms with van der Waals surface area (Å²) in [5.41, 5.74) is 6.34. The number of hydrogen-bond acceptors (Lipinski definition) is 3. The quantitative estimate of drug-likeness (QED) is 0.668. The molecule has 76 valence electrons. The van der Waals surface area contributed by atoms with Gasteiger partial charge in [-0.2, -0.15) is 0 Å². The highest BCUT2D eigenvalue weighted by atomic mass is 79.9. The normalized spacial score (nSPS) is 9.93. The zero-order valence-electron chi connectivity index (χ0n) is 7.51. The maximum atomic E-state index is 11.4. The van der Waals surface area contributed by atoms with Crippen molar-refractivity contribution in [3.8, 4) is 0 Å². The number of nitrogen functional groups attached to an aromatic ring is 1. The zero-order valence-corrected chi connectivity index (χ0v) is 9.85. The standard InChI is InChI=1S/C9H9BrClNO2/c1-2-14-9(13)8-6(10)3-5(12)4-7(8)11/h3-4H,2,12H2,1H3. The molecule has 0 aromatic heterocycles. The van der Waals surface area contributed by atoms with Crippen LogP contribution in [0, 0.1) is 0 Å². The monoisotopic (exact) mass is 277 g/mol. The van der Waals surface area contributed by atoms with E-state index < -0.39 is 5.97 Å². The summed E-state index contributed by atoms with van der Waals surface area (Å²) in [6, 6.07) is 3.12. The van der Waals surface area contributed by atoms with E-state index in [9.17, 15) is 4.79 Å². The second kappa shape index (κ2) is 4.66. The summed E-state index contributed by atoms with van der Waals surface area (Å²) in [6.07, 6.45) is 0. The number of carbonyl (C=O) groups excluding carboxylic acids is 1. The molecule has 5 heteroatoms. The summed E-state index contributed by atoms with van der Waals surface area (Å²) in [7, 11) is 0. The Bertz CT molecular complexity index is 345. The highest BCUT2D eigenvalue weighted by molar-refractivity contribution is 9.10. The minimum atomic E-state index is -0.454. The van der Waals surface area contributed by atoms with Crippen LogP contribution in [-0.2, 0) is 4.74 Å². The highest BCUT2D eigenvalue weighted by Crippen LogP contribution is 2.28. The average Bonchev–Trinajstić information content (AvgIpc) is 2.01. The third kappa shape index (κ3) is 2.39. The fourth-order valence-corrected chi connectivity index (χ4v) is 2.05. The van der Waals surface area contributed by atoms with Crippen molar-refractivity contribution in [2.45, 2.75) is 6.92 Å². The topological polar surface area (TPSA) is 52.3 Å². The number of nitrogens with two attached hydrogens (primary N) is 1. The van der Waals surface area contributed by atoms with Gasteiger partial charge in [-0.1, -0.05) is 11.6 Å². The first-order valence-electron chi connectivity index (χ1n) is 3.98. The lowest BCUT2D eigenvalue weighted by Gasteiger charge is -2.07. The molecular formula is C9H9BrClNO2. The van der Waals surface area contributed by atoms with E-state index in [1.807, 2.05) is 0 Å². The van der Waals surface area contributed by atoms with Crippen LogP contribution in [0.4, 0.5) is 5.69 Å². The number of halogens is 2. The van der Waals surface area contributed by atoms with Gasteiger partial charge in [0.25, 0.3) is 0 Å². The lowest BCUT2D eigenvalue weighted by molar-refractivity contribution is 0.0525. The van der Waals surface area contributed by atoms with Crippen molar-refractivity contribution >= 4 is 39.2 Å². The molecule has 1 aromatic rings. The van der Waals surface area contributed by atoms with Gasteiger partial charge in [-0.05, 0) is 35.0 Å². The minimum absolute atomic E-state index is 0.287. The molecule has 0 atom stereocenters. The van der Waals surface area contributed by atoms with E-state index >= 15 is 0 Å². The van der Waals surface area contributed by atoms with Gasteiger partial charge < -0.3 is 10.5 Å². The van der Waals surface area contributed by atoms with Crippen molar-refractivity contribution < 1.29 is 9.53 Å². The Morgan fingerprint density at radius 3 is 2.79 bits per heavy atom. The Kier molecular flexibility index (Phi) is 3.77. The average molecular weight is 279 g/mol. The number of hydrogen-bond donors (Lipinski definition) is 1. The first-order chi connectivity index (χ1) is 6.56. The van der Waals surface area contributed by atoms with Gasteiger partial charge in [0.2, 0.25) is 0 Å². The molecule has 0 amide bonds. The molecule has 0 saturated carbocycles. The summed E-state index contributed by atoms with van der Waals surface area (Å²) in [5, 5.41) is 0.287. The fraction of sp³-hybridized carbons (Fsp3) is 0.222. The van der Waals surface area contributed by atoms with Gasteiger partial charge in [-0.25, -0.2) is 4.79 Å². The molecule has 0 bridgehead atoms. The van der Waals surface area contributed by atoms with Crippen molar-refractivity contribution in [3.05, 3.63) is 27.2 Å². The van der Waals surface area contributed by atoms with Crippen molar-refractivity contribution in [2.75, 3.05) is 12.3 Å². The molecule has 0 aliphatic heterocycles. The van der Waals surface area contributed by atoms with Crippen molar-refractivity contribution in [1.29, 1.82) is 0 Å². The first-order valence-corrected chi connectivity index (χ1v) is 5.15. The van der Waals surface area contributed by atoms with Crippen molar-refractivity contribution in [1.82, 2.24) is 0 Å². The Morgan fingerprint density at radius 2 is 2.29 bits per heavy atom. The van der Waals surface area contributed by atoms with Crippen LogP contribution in [0.25, 0.3) is 0 Å². The number of carbonyl (C=O) groups is 1. The second-order valence-electron chi connectivity index (χ2n) is 2.58. The Morgan fingerprint density at radius 1 is 1.64 bits per heavy atom. The number of benzene rings is 1. The molecule has 0 spiro atoms. The van der Waals surface area contributed by atoms with Crippen LogP contribution in [0.5, 0.6) is 0 Å². The molecule has 1 rings (SSSR count). The van der Waals surface area contributed by atoms with E-state index in [1.54, 1.807) is 13.0 Å². The highest BCUT2D eigenvalue weighted by Gasteiger charge is 2.15. The van der Waals surface area contributed by atoms with E-state index in [2.05, 4.69) is 15.9 Å². The van der Waals surface area contributed by atoms with Crippen LogP contribution in [0.15, 0.2) is 16.6 Å². The van der Waals surface area contributed by atoms with Crippen molar-refractivity contribution in [2.24, 2.45) is 0 Å². The predicted molar refractivity (Wildman–Crippen MR) is 59.5 cm³/mol. The summed E-state index contributed by atoms with van der Waals surface area (Å²) in [4.78, 5) is 11.4. The molecule has 0 aliphatic rings. The van der Waals surface area contributed by atoms with Gasteiger partial charge in [0.1, 0.15) is 0 Å². The maximum Gasteiger partial charge on any atom is 0.340 e. The molecule has 14 heavy (non-hydrogen) atoms. The van der Waals surface area contributed by atoms with Crippen molar-refractivity contribution in [3.63, 3.8) is 0 Å². The third-order valence-electron chi connectivity index (χ3n) is 1.54. The van der Waals surface area contributed by atoms with E-state index in [-0.39, 0.29) is 5.02 Å². The zero-order chi connectivity index (χ0) is 10.7. The molecule has 0 saturated heterocycles. The molecule has 0 aliphatic carbocycles. The number of anilines is 1. The molecule has 0 unspecified atom stereocenters. The number of ether oxygens (including phenoxy) is 1. The van der Waals surface area contributed by atoms with Gasteiger partial charge >= 0.3 is 5.97 Å². The predicted octanol–water partition coefficient (Wildman–Crippen LogP) is 2.86. The van der Waals surface area contributed by atoms with Gasteiger partial charge in [-0.3, -0.25) is 0 Å². The second-order valence-corrected chi connectivity index (χ2v) is 3.84. The van der Waals surface area contributed by atoms with Crippen LogP contribution in [-0.4, -0.2) is 12.6 Å². The Labute approximate surface area is 95.3 Å². The molecular weight excluding hydrogens is 269 g/mol. The number of rotatable bonds is 2. The maximum absolute atomic E-state index is 11.4. The largest absolute Gasteiger partial charge is 0.462 e. The fourth-order valence-electron chi connectivity index (χ4n) is 0.991. The smallest absolute Gasteiger partial charge is 0.340 e. The molecule has 1 aromatic carbocycles. The molecule has 3 nitrogen and oxygen atoms in total. The molecule has 2 N–H and O–H groups in total. The Hall–Kier alpha value is -0.740. The van der Waals surface area contributed by atoms with Gasteiger partial charge in [0, 0.05) is 10.2 Å². The van der Waals surface area contributed by atoms with Gasteiger partial charge in [-0.15, -0.1) is 0 Å². The first kappa shape index (κ1) is 11.3. The van der Waals surface area contributed by atoms with Crippen LogP contribution in [0.1, 0.15) is 17.3 Å². The molecule has 0 heterocycles. The lowest BCUT2D eigenvalue weighted by Crippen LogP contribution is -2.06. The summed E-state index contributed by atoms with van der Waals surface area (Å²) in [6.45, 7) is 2.04. The van der Waals surface area contributed by atoms with Crippen LogP contribution in [0.3, 0.4) is 0 Å². The third-order valence-corrected chi connectivity index (χ3v) is 2.47. The summed E-state index contributed by atoms with van der Waals surface area (Å²) in [5.74, 6) is -0.454. The van der Waals surface area contributed by atoms with Crippen LogP contribution >= 0.6 is 27.5 Å². The lowest BCUT2D eigenvalue weighted by atomic mass is 10.2. The van der Waals surface area contributed by atoms with Gasteiger partial charge in [0.15, 0.2) is 0 Å². The summed E-state index contributed by atoms with van der Waals surface area (Å²) < 4.78 is 5.38. The molecule has 0 fully saturated rings. The minimum Gasteiger partial charge on any atom is -0.462 e. The summed E-state index contributed by atoms with van der Waals surface area (Å²) >= 11 is 9.06. The van der Waals surface area contributed by atoms with E-state index in [1.165, 1.54) is 6.07 Å². The number of esters is 1.